The highest BCUT2D eigenvalue weighted by molar-refractivity contribution is 7.74. The van der Waals surface area contributed by atoms with Gasteiger partial charge in [-0.3, -0.25) is 4.55 Å². The SMILES string of the molecule is Nc1cccc2cccc(OS(=O)O)c12. The lowest BCUT2D eigenvalue weighted by atomic mass is 10.1. The van der Waals surface area contributed by atoms with Gasteiger partial charge in [0.2, 0.25) is 0 Å². The molecule has 2 aromatic carbocycles. The maximum Gasteiger partial charge on any atom is 0.357 e. The number of anilines is 1. The number of nitrogen functional groups attached to an aromatic ring is 1. The average molecular weight is 223 g/mol. The van der Waals surface area contributed by atoms with Gasteiger partial charge in [-0.1, -0.05) is 24.3 Å². The van der Waals surface area contributed by atoms with Crippen LogP contribution in [0.15, 0.2) is 36.4 Å². The summed E-state index contributed by atoms with van der Waals surface area (Å²) in [6.45, 7) is 0. The topological polar surface area (TPSA) is 72.5 Å². The Hall–Kier alpha value is -1.59. The van der Waals surface area contributed by atoms with E-state index in [4.69, 9.17) is 14.5 Å². The first-order chi connectivity index (χ1) is 7.18. The first kappa shape index (κ1) is 9.95. The average Bonchev–Trinajstić information content (AvgIpc) is 2.17. The second-order valence-electron chi connectivity index (χ2n) is 3.00. The predicted octanol–water partition coefficient (Wildman–Crippen LogP) is 1.94. The molecule has 0 saturated heterocycles. The largest absolute Gasteiger partial charge is 0.398 e. The van der Waals surface area contributed by atoms with Crippen molar-refractivity contribution < 1.29 is 12.9 Å². The highest BCUT2D eigenvalue weighted by atomic mass is 32.2. The Morgan fingerprint density at radius 1 is 1.20 bits per heavy atom. The molecule has 0 aliphatic heterocycles. The van der Waals surface area contributed by atoms with Crippen LogP contribution in [0.5, 0.6) is 5.75 Å². The molecule has 2 aromatic rings. The van der Waals surface area contributed by atoms with Crippen LogP contribution in [0.4, 0.5) is 5.69 Å². The van der Waals surface area contributed by atoms with Gasteiger partial charge >= 0.3 is 11.4 Å². The normalized spacial score (nSPS) is 12.6. The van der Waals surface area contributed by atoms with E-state index >= 15 is 0 Å². The number of benzene rings is 2. The van der Waals surface area contributed by atoms with E-state index in [1.54, 1.807) is 18.2 Å². The predicted molar refractivity (Wildman–Crippen MR) is 59.8 cm³/mol. The van der Waals surface area contributed by atoms with Gasteiger partial charge < -0.3 is 9.92 Å². The summed E-state index contributed by atoms with van der Waals surface area (Å²) in [7, 11) is 0. The molecular formula is C10H9NO3S. The van der Waals surface area contributed by atoms with Crippen molar-refractivity contribution in [3.8, 4) is 5.75 Å². The Labute approximate surface area is 89.2 Å². The summed E-state index contributed by atoms with van der Waals surface area (Å²) in [5.74, 6) is 0.312. The van der Waals surface area contributed by atoms with Crippen molar-refractivity contribution in [2.45, 2.75) is 0 Å². The van der Waals surface area contributed by atoms with E-state index in [0.717, 1.165) is 5.39 Å². The van der Waals surface area contributed by atoms with E-state index in [1.165, 1.54) is 0 Å². The van der Waals surface area contributed by atoms with Gasteiger partial charge in [-0.05, 0) is 17.5 Å². The molecule has 0 spiro atoms. The third kappa shape index (κ3) is 1.93. The van der Waals surface area contributed by atoms with Crippen molar-refractivity contribution in [2.75, 3.05) is 5.73 Å². The highest BCUT2D eigenvalue weighted by Gasteiger charge is 2.07. The minimum Gasteiger partial charge on any atom is -0.398 e. The molecule has 0 aliphatic rings. The molecule has 15 heavy (non-hydrogen) atoms. The van der Waals surface area contributed by atoms with Crippen molar-refractivity contribution in [2.24, 2.45) is 0 Å². The maximum atomic E-state index is 10.6. The lowest BCUT2D eigenvalue weighted by Gasteiger charge is -2.06. The standard InChI is InChI=1S/C10H9NO3S/c11-8-5-1-3-7-4-2-6-9(10(7)8)14-15(12)13/h1-6H,11H2,(H,12,13). The van der Waals surface area contributed by atoms with Gasteiger partial charge in [0.05, 0.1) is 0 Å². The zero-order valence-electron chi connectivity index (χ0n) is 7.71. The van der Waals surface area contributed by atoms with Crippen LogP contribution in [0.25, 0.3) is 10.8 Å². The second-order valence-corrected chi connectivity index (χ2v) is 3.60. The Morgan fingerprint density at radius 2 is 1.87 bits per heavy atom. The minimum absolute atomic E-state index is 0.312. The lowest BCUT2D eigenvalue weighted by Crippen LogP contribution is -1.99. The van der Waals surface area contributed by atoms with Gasteiger partial charge in [0.15, 0.2) is 5.75 Å². The molecular weight excluding hydrogens is 214 g/mol. The van der Waals surface area contributed by atoms with Crippen molar-refractivity contribution in [1.82, 2.24) is 0 Å². The Kier molecular flexibility index (Phi) is 2.57. The Bertz CT molecular complexity index is 522. The van der Waals surface area contributed by atoms with Gasteiger partial charge in [0.25, 0.3) is 0 Å². The van der Waals surface area contributed by atoms with Crippen LogP contribution in [0.1, 0.15) is 0 Å². The maximum absolute atomic E-state index is 10.6. The molecule has 0 amide bonds. The monoisotopic (exact) mass is 223 g/mol. The van der Waals surface area contributed by atoms with Gasteiger partial charge in [-0.25, -0.2) is 0 Å². The summed E-state index contributed by atoms with van der Waals surface area (Å²) in [6.07, 6.45) is 0. The summed E-state index contributed by atoms with van der Waals surface area (Å²) < 4.78 is 24.0. The summed E-state index contributed by atoms with van der Waals surface area (Å²) in [6, 6.07) is 10.6. The van der Waals surface area contributed by atoms with E-state index < -0.39 is 11.4 Å². The minimum atomic E-state index is -2.34. The molecule has 78 valence electrons. The molecule has 3 N–H and O–H groups in total. The molecule has 0 aliphatic carbocycles. The summed E-state index contributed by atoms with van der Waals surface area (Å²) >= 11 is -2.34. The fraction of sp³-hybridized carbons (Fsp3) is 0. The lowest BCUT2D eigenvalue weighted by molar-refractivity contribution is 0.460. The van der Waals surface area contributed by atoms with Crippen molar-refractivity contribution in [1.29, 1.82) is 0 Å². The van der Waals surface area contributed by atoms with Gasteiger partial charge in [-0.15, -0.1) is 0 Å². The van der Waals surface area contributed by atoms with Crippen LogP contribution in [-0.4, -0.2) is 8.76 Å². The van der Waals surface area contributed by atoms with E-state index in [-0.39, 0.29) is 0 Å². The molecule has 2 rings (SSSR count). The number of rotatable bonds is 2. The number of hydrogen-bond acceptors (Lipinski definition) is 3. The van der Waals surface area contributed by atoms with Crippen LogP contribution in [0.2, 0.25) is 0 Å². The Balaban J connectivity index is 2.68. The molecule has 0 radical (unpaired) electrons. The molecule has 0 bridgehead atoms. The zero-order valence-corrected chi connectivity index (χ0v) is 8.53. The van der Waals surface area contributed by atoms with Crippen molar-refractivity contribution >= 4 is 27.8 Å². The van der Waals surface area contributed by atoms with E-state index in [1.807, 2.05) is 18.2 Å². The Morgan fingerprint density at radius 3 is 2.53 bits per heavy atom. The molecule has 1 atom stereocenters. The van der Waals surface area contributed by atoms with Gasteiger partial charge in [0, 0.05) is 11.1 Å². The van der Waals surface area contributed by atoms with Crippen molar-refractivity contribution in [3.05, 3.63) is 36.4 Å². The van der Waals surface area contributed by atoms with Crippen LogP contribution in [-0.2, 0) is 11.4 Å². The first-order valence-electron chi connectivity index (χ1n) is 4.25. The third-order valence-electron chi connectivity index (χ3n) is 2.06. The molecule has 0 heterocycles. The molecule has 0 aromatic heterocycles. The molecule has 0 fully saturated rings. The summed E-state index contributed by atoms with van der Waals surface area (Å²) in [4.78, 5) is 0. The van der Waals surface area contributed by atoms with Gasteiger partial charge in [-0.2, -0.15) is 4.21 Å². The zero-order chi connectivity index (χ0) is 10.8. The van der Waals surface area contributed by atoms with Crippen molar-refractivity contribution in [3.63, 3.8) is 0 Å². The van der Waals surface area contributed by atoms with Crippen LogP contribution in [0.3, 0.4) is 0 Å². The fourth-order valence-corrected chi connectivity index (χ4v) is 1.77. The number of hydrogen-bond donors (Lipinski definition) is 2. The second kappa shape index (κ2) is 3.88. The van der Waals surface area contributed by atoms with E-state index in [0.29, 0.717) is 16.8 Å². The van der Waals surface area contributed by atoms with Gasteiger partial charge in [0.1, 0.15) is 0 Å². The van der Waals surface area contributed by atoms with Crippen LogP contribution in [0, 0.1) is 0 Å². The number of nitrogens with two attached hydrogens (primary N) is 1. The van der Waals surface area contributed by atoms with E-state index in [9.17, 15) is 4.21 Å². The summed E-state index contributed by atoms with van der Waals surface area (Å²) in [5, 5.41) is 1.53. The van der Waals surface area contributed by atoms with Crippen LogP contribution >= 0.6 is 0 Å². The summed E-state index contributed by atoms with van der Waals surface area (Å²) in [5.41, 5.74) is 6.29. The smallest absolute Gasteiger partial charge is 0.357 e. The molecule has 4 nitrogen and oxygen atoms in total. The third-order valence-corrected chi connectivity index (χ3v) is 2.38. The van der Waals surface area contributed by atoms with E-state index in [2.05, 4.69) is 0 Å². The number of fused-ring (bicyclic) bond motifs is 1. The highest BCUT2D eigenvalue weighted by Crippen LogP contribution is 2.30. The quantitative estimate of drug-likeness (QED) is 0.602. The molecule has 1 unspecified atom stereocenters. The molecule has 5 heteroatoms. The fourth-order valence-electron chi connectivity index (χ4n) is 1.48. The van der Waals surface area contributed by atoms with Crippen LogP contribution < -0.4 is 9.92 Å². The molecule has 0 saturated carbocycles. The first-order valence-corrected chi connectivity index (χ1v) is 5.28.